The molecule has 1 saturated heterocycles. The molecular weight excluding hydrogens is 423 g/mol. The summed E-state index contributed by atoms with van der Waals surface area (Å²) in [6.07, 6.45) is 0.412. The normalized spacial score (nSPS) is 18.7. The number of nitrogens with one attached hydrogen (secondary N) is 2. The van der Waals surface area contributed by atoms with Crippen LogP contribution in [0.4, 0.5) is 19.7 Å². The number of imidazole rings is 1. The van der Waals surface area contributed by atoms with Crippen LogP contribution < -0.4 is 11.1 Å². The summed E-state index contributed by atoms with van der Waals surface area (Å²) in [7, 11) is 0. The lowest BCUT2D eigenvalue weighted by molar-refractivity contribution is 0.202. The van der Waals surface area contributed by atoms with Crippen molar-refractivity contribution in [2.75, 3.05) is 11.9 Å². The highest BCUT2D eigenvalue weighted by Gasteiger charge is 2.38. The van der Waals surface area contributed by atoms with E-state index in [1.54, 1.807) is 42.5 Å². The van der Waals surface area contributed by atoms with Crippen molar-refractivity contribution in [3.63, 3.8) is 0 Å². The Labute approximate surface area is 180 Å². The van der Waals surface area contributed by atoms with Gasteiger partial charge in [-0.05, 0) is 24.3 Å². The summed E-state index contributed by atoms with van der Waals surface area (Å²) in [6.45, 7) is -0.0667. The number of benzene rings is 2. The Morgan fingerprint density at radius 2 is 2.06 bits per heavy atom. The number of para-hydroxylation sites is 1. The Hall–Kier alpha value is -3.59. The van der Waals surface area contributed by atoms with Crippen molar-refractivity contribution in [3.8, 4) is 0 Å². The fourth-order valence-corrected chi connectivity index (χ4v) is 4.24. The second-order valence-electron chi connectivity index (χ2n) is 7.48. The van der Waals surface area contributed by atoms with Crippen LogP contribution in [-0.4, -0.2) is 44.2 Å². The first-order chi connectivity index (χ1) is 14.9. The van der Waals surface area contributed by atoms with Gasteiger partial charge in [-0.3, -0.25) is 4.57 Å². The van der Waals surface area contributed by atoms with Crippen LogP contribution in [-0.2, 0) is 0 Å². The van der Waals surface area contributed by atoms with Gasteiger partial charge in [-0.1, -0.05) is 29.8 Å². The SMILES string of the molecule is NC(=O)n1cc(NC(=O)N2C[C@H](F)C[C@H]2c2nc3cc(Cl)ccc3[nH]2)c2ccccc21. The van der Waals surface area contributed by atoms with Gasteiger partial charge in [0.25, 0.3) is 0 Å². The summed E-state index contributed by atoms with van der Waals surface area (Å²) >= 11 is 6.03. The smallest absolute Gasteiger partial charge is 0.323 e. The lowest BCUT2D eigenvalue weighted by atomic mass is 10.2. The maximum Gasteiger partial charge on any atom is 0.323 e. The largest absolute Gasteiger partial charge is 0.351 e. The van der Waals surface area contributed by atoms with E-state index in [2.05, 4.69) is 15.3 Å². The molecule has 0 unspecified atom stereocenters. The highest BCUT2D eigenvalue weighted by molar-refractivity contribution is 6.31. The van der Waals surface area contributed by atoms with Crippen LogP contribution in [0, 0.1) is 0 Å². The van der Waals surface area contributed by atoms with Crippen LogP contribution in [0.1, 0.15) is 18.3 Å². The number of alkyl halides is 1. The highest BCUT2D eigenvalue weighted by atomic mass is 35.5. The number of aromatic amines is 1. The summed E-state index contributed by atoms with van der Waals surface area (Å²) in [5, 5.41) is 3.99. The van der Waals surface area contributed by atoms with Crippen molar-refractivity contribution in [1.29, 1.82) is 0 Å². The van der Waals surface area contributed by atoms with Gasteiger partial charge >= 0.3 is 12.1 Å². The molecule has 1 fully saturated rings. The van der Waals surface area contributed by atoms with Crippen LogP contribution in [0.25, 0.3) is 21.9 Å². The number of nitrogens with zero attached hydrogens (tertiary/aromatic N) is 3. The second-order valence-corrected chi connectivity index (χ2v) is 7.92. The van der Waals surface area contributed by atoms with Crippen molar-refractivity contribution in [2.45, 2.75) is 18.6 Å². The third-order valence-electron chi connectivity index (χ3n) is 5.48. The lowest BCUT2D eigenvalue weighted by Gasteiger charge is -2.23. The fraction of sp³-hybridized carbons (Fsp3) is 0.190. The topological polar surface area (TPSA) is 109 Å². The molecule has 1 aliphatic heterocycles. The number of anilines is 1. The number of nitrogens with two attached hydrogens (primary N) is 1. The Bertz CT molecular complexity index is 1330. The Balaban J connectivity index is 1.46. The zero-order chi connectivity index (χ0) is 21.7. The summed E-state index contributed by atoms with van der Waals surface area (Å²) < 4.78 is 15.6. The van der Waals surface area contributed by atoms with Crippen molar-refractivity contribution in [3.05, 3.63) is 59.5 Å². The van der Waals surface area contributed by atoms with Crippen molar-refractivity contribution < 1.29 is 14.0 Å². The molecule has 0 radical (unpaired) electrons. The molecule has 0 saturated carbocycles. The van der Waals surface area contributed by atoms with E-state index in [0.29, 0.717) is 33.0 Å². The molecule has 8 nitrogen and oxygen atoms in total. The molecule has 3 amide bonds. The van der Waals surface area contributed by atoms with Gasteiger partial charge < -0.3 is 20.9 Å². The quantitative estimate of drug-likeness (QED) is 0.429. The minimum atomic E-state index is -1.18. The first-order valence-electron chi connectivity index (χ1n) is 9.67. The zero-order valence-electron chi connectivity index (χ0n) is 16.2. The average Bonchev–Trinajstić information content (AvgIpc) is 3.42. The molecule has 3 heterocycles. The molecular formula is C21H18ClFN6O2. The molecule has 0 spiro atoms. The summed E-state index contributed by atoms with van der Waals surface area (Å²) in [5.41, 5.74) is 7.83. The van der Waals surface area contributed by atoms with Crippen LogP contribution in [0.3, 0.4) is 0 Å². The van der Waals surface area contributed by atoms with Gasteiger partial charge in [0.05, 0.1) is 34.8 Å². The van der Waals surface area contributed by atoms with Crippen LogP contribution in [0.15, 0.2) is 48.7 Å². The number of H-pyrrole nitrogens is 1. The maximum atomic E-state index is 14.3. The van der Waals surface area contributed by atoms with Gasteiger partial charge in [0, 0.05) is 23.0 Å². The Morgan fingerprint density at radius 1 is 1.26 bits per heavy atom. The molecule has 2 aromatic heterocycles. The highest BCUT2D eigenvalue weighted by Crippen LogP contribution is 2.35. The number of hydrogen-bond acceptors (Lipinski definition) is 3. The van der Waals surface area contributed by atoms with Gasteiger partial charge in [0.1, 0.15) is 12.0 Å². The number of carbonyl (C=O) groups excluding carboxylic acids is 2. The summed E-state index contributed by atoms with van der Waals surface area (Å²) in [6, 6.07) is 10.6. The molecule has 0 aliphatic carbocycles. The third kappa shape index (κ3) is 3.36. The maximum absolute atomic E-state index is 14.3. The van der Waals surface area contributed by atoms with Gasteiger partial charge in [-0.15, -0.1) is 0 Å². The van der Waals surface area contributed by atoms with E-state index >= 15 is 0 Å². The van der Waals surface area contributed by atoms with E-state index < -0.39 is 24.3 Å². The van der Waals surface area contributed by atoms with E-state index in [9.17, 15) is 14.0 Å². The summed E-state index contributed by atoms with van der Waals surface area (Å²) in [5.74, 6) is 0.493. The Kier molecular flexibility index (Phi) is 4.55. The molecule has 4 N–H and O–H groups in total. The number of aromatic nitrogens is 3. The fourth-order valence-electron chi connectivity index (χ4n) is 4.07. The predicted molar refractivity (Wildman–Crippen MR) is 116 cm³/mol. The predicted octanol–water partition coefficient (Wildman–Crippen LogP) is 4.41. The number of primary amides is 1. The molecule has 0 bridgehead atoms. The number of urea groups is 1. The van der Waals surface area contributed by atoms with Gasteiger partial charge in [-0.25, -0.2) is 19.0 Å². The molecule has 2 aromatic carbocycles. The van der Waals surface area contributed by atoms with Crippen LogP contribution in [0.2, 0.25) is 5.02 Å². The average molecular weight is 441 g/mol. The minimum Gasteiger partial charge on any atom is -0.351 e. The summed E-state index contributed by atoms with van der Waals surface area (Å²) in [4.78, 5) is 33.9. The number of halogens is 2. The van der Waals surface area contributed by atoms with Crippen molar-refractivity contribution in [2.24, 2.45) is 5.73 Å². The van der Waals surface area contributed by atoms with E-state index in [-0.39, 0.29) is 13.0 Å². The van der Waals surface area contributed by atoms with E-state index in [4.69, 9.17) is 17.3 Å². The van der Waals surface area contributed by atoms with Gasteiger partial charge in [-0.2, -0.15) is 0 Å². The number of carbonyl (C=O) groups is 2. The number of likely N-dealkylation sites (tertiary alicyclic amines) is 1. The number of fused-ring (bicyclic) bond motifs is 2. The second kappa shape index (κ2) is 7.28. The van der Waals surface area contributed by atoms with Gasteiger partial charge in [0.15, 0.2) is 0 Å². The third-order valence-corrected chi connectivity index (χ3v) is 5.72. The van der Waals surface area contributed by atoms with Crippen LogP contribution >= 0.6 is 11.6 Å². The van der Waals surface area contributed by atoms with Crippen molar-refractivity contribution in [1.82, 2.24) is 19.4 Å². The van der Waals surface area contributed by atoms with Crippen molar-refractivity contribution >= 4 is 51.3 Å². The van der Waals surface area contributed by atoms with E-state index in [1.807, 2.05) is 0 Å². The van der Waals surface area contributed by atoms with E-state index in [1.165, 1.54) is 15.7 Å². The first-order valence-corrected chi connectivity index (χ1v) is 10.1. The standard InChI is InChI=1S/C21H18ClFN6O2/c22-11-5-6-14-15(7-11)26-19(25-14)18-8-12(23)9-29(18)21(31)27-16-10-28(20(24)30)17-4-2-1-3-13(16)17/h1-7,10,12,18H,8-9H2,(H2,24,30)(H,25,26)(H,27,31)/t12-,18+/m1/s1. The molecule has 4 aromatic rings. The number of rotatable bonds is 2. The molecule has 2 atom stereocenters. The Morgan fingerprint density at radius 3 is 2.87 bits per heavy atom. The van der Waals surface area contributed by atoms with E-state index in [0.717, 1.165) is 5.52 Å². The lowest BCUT2D eigenvalue weighted by Crippen LogP contribution is -2.35. The van der Waals surface area contributed by atoms with Crippen LogP contribution in [0.5, 0.6) is 0 Å². The molecule has 158 valence electrons. The molecule has 5 rings (SSSR count). The zero-order valence-corrected chi connectivity index (χ0v) is 16.9. The molecule has 1 aliphatic rings. The van der Waals surface area contributed by atoms with Gasteiger partial charge in [0.2, 0.25) is 0 Å². The molecule has 10 heteroatoms. The number of hydrogen-bond donors (Lipinski definition) is 3. The first kappa shape index (κ1) is 19.4. The minimum absolute atomic E-state index is 0.0667. The molecule has 31 heavy (non-hydrogen) atoms. The number of amides is 3. The monoisotopic (exact) mass is 440 g/mol.